The first kappa shape index (κ1) is 20.0. The molecule has 1 atom stereocenters. The van der Waals surface area contributed by atoms with Gasteiger partial charge in [0, 0.05) is 11.6 Å². The third-order valence-corrected chi connectivity index (χ3v) is 5.07. The Balaban J connectivity index is 1.53. The number of imidazole rings is 1. The molecule has 1 unspecified atom stereocenters. The molecule has 4 aromatic rings. The molecule has 0 fully saturated rings. The van der Waals surface area contributed by atoms with E-state index in [1.54, 1.807) is 0 Å². The molecule has 0 radical (unpaired) electrons. The van der Waals surface area contributed by atoms with Gasteiger partial charge in [-0.25, -0.2) is 4.98 Å². The van der Waals surface area contributed by atoms with Gasteiger partial charge >= 0.3 is 0 Å². The van der Waals surface area contributed by atoms with E-state index in [1.807, 2.05) is 85.8 Å². The number of halogens is 1. The first-order chi connectivity index (χ1) is 14.6. The van der Waals surface area contributed by atoms with Gasteiger partial charge in [0.2, 0.25) is 0 Å². The van der Waals surface area contributed by atoms with Crippen LogP contribution in [0, 0.1) is 0 Å². The first-order valence-corrected chi connectivity index (χ1v) is 10.1. The Hall–Kier alpha value is -3.31. The van der Waals surface area contributed by atoms with Gasteiger partial charge in [-0.05, 0) is 48.9 Å². The normalized spacial score (nSPS) is 11.9. The second-order valence-electron chi connectivity index (χ2n) is 7.06. The van der Waals surface area contributed by atoms with Crippen molar-refractivity contribution in [3.63, 3.8) is 0 Å². The molecule has 0 aliphatic rings. The summed E-state index contributed by atoms with van der Waals surface area (Å²) < 4.78 is 7.68. The predicted octanol–water partition coefficient (Wildman–Crippen LogP) is 4.99. The Labute approximate surface area is 180 Å². The lowest BCUT2D eigenvalue weighted by molar-refractivity contribution is -0.123. The van der Waals surface area contributed by atoms with Crippen LogP contribution in [0.15, 0.2) is 78.9 Å². The number of hydrogen-bond acceptors (Lipinski definition) is 3. The standard InChI is InChI=1S/C24H22ClN3O2/c1-17(26-23(29)16-30-20-7-3-2-4-8-20)24-27-21-9-5-6-10-22(21)28(24)15-18-11-13-19(25)14-12-18/h2-14,17H,15-16H2,1H3,(H,26,29). The van der Waals surface area contributed by atoms with Gasteiger partial charge in [-0.1, -0.05) is 54.1 Å². The third-order valence-electron chi connectivity index (χ3n) is 4.82. The first-order valence-electron chi connectivity index (χ1n) is 9.77. The van der Waals surface area contributed by atoms with Crippen LogP contribution >= 0.6 is 11.6 Å². The van der Waals surface area contributed by atoms with E-state index in [4.69, 9.17) is 21.3 Å². The summed E-state index contributed by atoms with van der Waals surface area (Å²) in [5.74, 6) is 1.26. The average Bonchev–Trinajstić information content (AvgIpc) is 3.13. The molecule has 3 aromatic carbocycles. The van der Waals surface area contributed by atoms with Gasteiger partial charge < -0.3 is 14.6 Å². The van der Waals surface area contributed by atoms with Gasteiger partial charge in [0.05, 0.1) is 17.1 Å². The molecule has 1 N–H and O–H groups in total. The maximum Gasteiger partial charge on any atom is 0.258 e. The smallest absolute Gasteiger partial charge is 0.258 e. The number of aromatic nitrogens is 2. The van der Waals surface area contributed by atoms with Crippen molar-refractivity contribution in [2.75, 3.05) is 6.61 Å². The Morgan fingerprint density at radius 1 is 1.03 bits per heavy atom. The van der Waals surface area contributed by atoms with Crippen LogP contribution < -0.4 is 10.1 Å². The minimum absolute atomic E-state index is 0.0498. The number of nitrogens with one attached hydrogen (secondary N) is 1. The summed E-state index contributed by atoms with van der Waals surface area (Å²) >= 11 is 6.02. The van der Waals surface area contributed by atoms with Crippen molar-refractivity contribution < 1.29 is 9.53 Å². The van der Waals surface area contributed by atoms with Gasteiger partial charge in [-0.3, -0.25) is 4.79 Å². The monoisotopic (exact) mass is 419 g/mol. The summed E-state index contributed by atoms with van der Waals surface area (Å²) in [6, 6.07) is 24.7. The molecule has 1 aromatic heterocycles. The van der Waals surface area contributed by atoms with Gasteiger partial charge in [0.1, 0.15) is 11.6 Å². The van der Waals surface area contributed by atoms with Gasteiger partial charge in [-0.2, -0.15) is 0 Å². The summed E-state index contributed by atoms with van der Waals surface area (Å²) in [5, 5.41) is 3.70. The van der Waals surface area contributed by atoms with E-state index >= 15 is 0 Å². The maximum absolute atomic E-state index is 12.4. The molecule has 0 bridgehead atoms. The van der Waals surface area contributed by atoms with Crippen molar-refractivity contribution in [1.29, 1.82) is 0 Å². The highest BCUT2D eigenvalue weighted by atomic mass is 35.5. The lowest BCUT2D eigenvalue weighted by Crippen LogP contribution is -2.32. The van der Waals surface area contributed by atoms with E-state index < -0.39 is 0 Å². The molecule has 6 heteroatoms. The molecule has 152 valence electrons. The lowest BCUT2D eigenvalue weighted by atomic mass is 10.2. The fraction of sp³-hybridized carbons (Fsp3) is 0.167. The van der Waals surface area contributed by atoms with Crippen molar-refractivity contribution in [1.82, 2.24) is 14.9 Å². The second kappa shape index (κ2) is 9.01. The van der Waals surface area contributed by atoms with Crippen molar-refractivity contribution in [3.05, 3.63) is 95.3 Å². The van der Waals surface area contributed by atoms with Crippen molar-refractivity contribution in [2.24, 2.45) is 0 Å². The molecule has 4 rings (SSSR count). The van der Waals surface area contributed by atoms with Crippen LogP contribution in [0.1, 0.15) is 24.4 Å². The van der Waals surface area contributed by atoms with Crippen LogP contribution in [0.2, 0.25) is 5.02 Å². The highest BCUT2D eigenvalue weighted by molar-refractivity contribution is 6.30. The number of hydrogen-bond donors (Lipinski definition) is 1. The molecule has 1 amide bonds. The molecular formula is C24H22ClN3O2. The number of nitrogens with zero attached hydrogens (tertiary/aromatic N) is 2. The fourth-order valence-corrected chi connectivity index (χ4v) is 3.50. The Kier molecular flexibility index (Phi) is 6.00. The van der Waals surface area contributed by atoms with Crippen molar-refractivity contribution in [2.45, 2.75) is 19.5 Å². The number of para-hydroxylation sites is 3. The van der Waals surface area contributed by atoms with Crippen LogP contribution in [0.5, 0.6) is 5.75 Å². The van der Waals surface area contributed by atoms with E-state index in [0.717, 1.165) is 22.4 Å². The predicted molar refractivity (Wildman–Crippen MR) is 119 cm³/mol. The Bertz CT molecular complexity index is 1140. The number of amides is 1. The minimum atomic E-state index is -0.281. The molecule has 0 spiro atoms. The number of ether oxygens (including phenoxy) is 1. The molecule has 1 heterocycles. The van der Waals surface area contributed by atoms with Crippen LogP contribution in [0.25, 0.3) is 11.0 Å². The zero-order valence-electron chi connectivity index (χ0n) is 16.6. The molecule has 0 saturated heterocycles. The zero-order valence-corrected chi connectivity index (χ0v) is 17.3. The highest BCUT2D eigenvalue weighted by Gasteiger charge is 2.19. The molecule has 0 aliphatic carbocycles. The summed E-state index contributed by atoms with van der Waals surface area (Å²) in [4.78, 5) is 17.2. The third kappa shape index (κ3) is 4.63. The molecule has 5 nitrogen and oxygen atoms in total. The van der Waals surface area contributed by atoms with Crippen LogP contribution in [0.3, 0.4) is 0 Å². The summed E-state index contributed by atoms with van der Waals surface area (Å²) in [6.07, 6.45) is 0. The molecule has 0 saturated carbocycles. The van der Waals surface area contributed by atoms with E-state index in [-0.39, 0.29) is 18.6 Å². The minimum Gasteiger partial charge on any atom is -0.484 e. The van der Waals surface area contributed by atoms with Gasteiger partial charge in [0.25, 0.3) is 5.91 Å². The lowest BCUT2D eigenvalue weighted by Gasteiger charge is -2.17. The molecule has 0 aliphatic heterocycles. The fourth-order valence-electron chi connectivity index (χ4n) is 3.38. The Morgan fingerprint density at radius 3 is 2.50 bits per heavy atom. The maximum atomic E-state index is 12.4. The van der Waals surface area contributed by atoms with E-state index in [1.165, 1.54) is 0 Å². The second-order valence-corrected chi connectivity index (χ2v) is 7.50. The van der Waals surface area contributed by atoms with Crippen LogP contribution in [-0.2, 0) is 11.3 Å². The highest BCUT2D eigenvalue weighted by Crippen LogP contribution is 2.23. The zero-order chi connectivity index (χ0) is 20.9. The van der Waals surface area contributed by atoms with E-state index in [9.17, 15) is 4.79 Å². The number of benzene rings is 3. The summed E-state index contributed by atoms with van der Waals surface area (Å²) in [7, 11) is 0. The molecular weight excluding hydrogens is 398 g/mol. The van der Waals surface area contributed by atoms with Crippen LogP contribution in [0.4, 0.5) is 0 Å². The molecule has 30 heavy (non-hydrogen) atoms. The number of carbonyl (C=O) groups excluding carboxylic acids is 1. The van der Waals surface area contributed by atoms with Crippen LogP contribution in [-0.4, -0.2) is 22.1 Å². The summed E-state index contributed by atoms with van der Waals surface area (Å²) in [5.41, 5.74) is 3.02. The van der Waals surface area contributed by atoms with E-state index in [0.29, 0.717) is 17.3 Å². The average molecular weight is 420 g/mol. The number of carbonyl (C=O) groups is 1. The largest absolute Gasteiger partial charge is 0.484 e. The Morgan fingerprint density at radius 2 is 1.73 bits per heavy atom. The SMILES string of the molecule is CC(NC(=O)COc1ccccc1)c1nc2ccccc2n1Cc1ccc(Cl)cc1. The van der Waals surface area contributed by atoms with Crippen molar-refractivity contribution >= 4 is 28.5 Å². The quantitative estimate of drug-likeness (QED) is 0.459. The number of rotatable bonds is 7. The topological polar surface area (TPSA) is 56.1 Å². The van der Waals surface area contributed by atoms with Crippen molar-refractivity contribution in [3.8, 4) is 5.75 Å². The van der Waals surface area contributed by atoms with E-state index in [2.05, 4.69) is 9.88 Å². The van der Waals surface area contributed by atoms with Gasteiger partial charge in [-0.15, -0.1) is 0 Å². The summed E-state index contributed by atoms with van der Waals surface area (Å²) in [6.45, 7) is 2.51. The number of fused-ring (bicyclic) bond motifs is 1. The van der Waals surface area contributed by atoms with Gasteiger partial charge in [0.15, 0.2) is 6.61 Å².